The molecule has 52 heavy (non-hydrogen) atoms. The lowest BCUT2D eigenvalue weighted by molar-refractivity contribution is -0.105. The molecule has 0 aliphatic heterocycles. The van der Waals surface area contributed by atoms with Crippen molar-refractivity contribution in [1.82, 2.24) is 5.32 Å². The molecule has 0 unspecified atom stereocenters. The van der Waals surface area contributed by atoms with Gasteiger partial charge >= 0.3 is 6.03 Å². The third-order valence-electron chi connectivity index (χ3n) is 9.44. The number of anilines is 3. The fourth-order valence-electron chi connectivity index (χ4n) is 5.56. The summed E-state index contributed by atoms with van der Waals surface area (Å²) in [5, 5.41) is 12.5. The molecule has 0 heterocycles. The third-order valence-corrected chi connectivity index (χ3v) is 13.9. The molecule has 5 aromatic carbocycles. The van der Waals surface area contributed by atoms with Crippen molar-refractivity contribution >= 4 is 37.8 Å². The van der Waals surface area contributed by atoms with Gasteiger partial charge in [-0.05, 0) is 83.7 Å². The van der Waals surface area contributed by atoms with E-state index in [9.17, 15) is 9.59 Å². The van der Waals surface area contributed by atoms with E-state index in [-0.39, 0.29) is 17.2 Å². The SMILES string of the molecule is CC(C)(C)[Si](C)(C)O[C@H](CNCCc1cccc(NC(=O)Nc2ccccc2-c2ccccc2)c1)c1ccc(OCc2ccccc2)c(NC=O)c1. The van der Waals surface area contributed by atoms with Gasteiger partial charge in [-0.1, -0.05) is 118 Å². The van der Waals surface area contributed by atoms with Crippen molar-refractivity contribution in [2.45, 2.75) is 58.0 Å². The van der Waals surface area contributed by atoms with Crippen LogP contribution < -0.4 is 26.0 Å². The molecular formula is C43H50N4O4Si. The first-order valence-corrected chi connectivity index (χ1v) is 20.6. The Morgan fingerprint density at radius 3 is 2.19 bits per heavy atom. The molecule has 0 aliphatic rings. The van der Waals surface area contributed by atoms with Crippen molar-refractivity contribution in [2.75, 3.05) is 29.0 Å². The number of rotatable bonds is 16. The largest absolute Gasteiger partial charge is 0.487 e. The number of ether oxygens (including phenoxy) is 1. The average Bonchev–Trinajstić information content (AvgIpc) is 3.13. The Kier molecular flexibility index (Phi) is 13.0. The summed E-state index contributed by atoms with van der Waals surface area (Å²) in [7, 11) is -2.17. The molecule has 9 heteroatoms. The molecule has 0 aromatic heterocycles. The van der Waals surface area contributed by atoms with Gasteiger partial charge in [0.1, 0.15) is 12.4 Å². The first kappa shape index (κ1) is 38.0. The number of benzene rings is 5. The van der Waals surface area contributed by atoms with Crippen molar-refractivity contribution in [2.24, 2.45) is 0 Å². The maximum absolute atomic E-state index is 13.0. The maximum Gasteiger partial charge on any atom is 0.323 e. The standard InChI is InChI=1S/C43H50N4O4Si/c1-43(2,3)52(4,5)51-41(35-23-24-40(39(28-35)45-31-48)50-30-33-15-8-6-9-16-33)29-44-26-25-32-17-14-20-36(27-32)46-42(49)47-38-22-13-12-21-37(38)34-18-10-7-11-19-34/h6-24,27-28,31,41,44H,25-26,29-30H2,1-5H3,(H,45,48)(H2,46,47,49)/t41-/m1/s1. The minimum absolute atomic E-state index is 0.0111. The molecule has 8 nitrogen and oxygen atoms in total. The van der Waals surface area contributed by atoms with Crippen molar-refractivity contribution in [1.29, 1.82) is 0 Å². The van der Waals surface area contributed by atoms with Gasteiger partial charge in [0, 0.05) is 17.8 Å². The molecule has 5 rings (SSSR count). The molecule has 0 spiro atoms. The van der Waals surface area contributed by atoms with Crippen LogP contribution in [0.3, 0.4) is 0 Å². The maximum atomic E-state index is 13.0. The second kappa shape index (κ2) is 17.8. The van der Waals surface area contributed by atoms with Gasteiger partial charge in [0.15, 0.2) is 8.32 Å². The van der Waals surface area contributed by atoms with Crippen LogP contribution >= 0.6 is 0 Å². The molecule has 5 aromatic rings. The lowest BCUT2D eigenvalue weighted by atomic mass is 10.0. The van der Waals surface area contributed by atoms with Crippen molar-refractivity contribution in [3.8, 4) is 16.9 Å². The molecule has 0 radical (unpaired) electrons. The van der Waals surface area contributed by atoms with Crippen LogP contribution in [0.15, 0.2) is 127 Å². The molecule has 270 valence electrons. The molecule has 3 amide bonds. The zero-order chi connectivity index (χ0) is 37.0. The Balaban J connectivity index is 1.22. The normalized spacial score (nSPS) is 12.1. The van der Waals surface area contributed by atoms with Gasteiger partial charge in [0.05, 0.1) is 17.5 Å². The highest BCUT2D eigenvalue weighted by molar-refractivity contribution is 6.74. The summed E-state index contributed by atoms with van der Waals surface area (Å²) in [6.07, 6.45) is 1.18. The summed E-state index contributed by atoms with van der Waals surface area (Å²) >= 11 is 0. The van der Waals surface area contributed by atoms with E-state index in [1.54, 1.807) is 0 Å². The molecule has 4 N–H and O–H groups in total. The molecular weight excluding hydrogens is 665 g/mol. The number of urea groups is 1. The number of nitrogens with one attached hydrogen (secondary N) is 4. The molecule has 0 aliphatic carbocycles. The summed E-state index contributed by atoms with van der Waals surface area (Å²) in [5.74, 6) is 0.598. The molecule has 0 saturated heterocycles. The van der Waals surface area contributed by atoms with Crippen LogP contribution in [0.2, 0.25) is 18.1 Å². The van der Waals surface area contributed by atoms with Crippen molar-refractivity contribution in [3.05, 3.63) is 144 Å². The van der Waals surface area contributed by atoms with Gasteiger partial charge < -0.3 is 30.4 Å². The van der Waals surface area contributed by atoms with Crippen LogP contribution in [-0.2, 0) is 22.2 Å². The van der Waals surface area contributed by atoms with Gasteiger partial charge in [-0.15, -0.1) is 0 Å². The van der Waals surface area contributed by atoms with E-state index in [1.807, 2.05) is 121 Å². The van der Waals surface area contributed by atoms with Crippen LogP contribution in [-0.4, -0.2) is 33.8 Å². The van der Waals surface area contributed by atoms with Crippen LogP contribution in [0, 0.1) is 0 Å². The first-order chi connectivity index (χ1) is 25.0. The third kappa shape index (κ3) is 10.6. The highest BCUT2D eigenvalue weighted by Gasteiger charge is 2.39. The molecule has 1 atom stereocenters. The summed E-state index contributed by atoms with van der Waals surface area (Å²) in [6.45, 7) is 12.9. The average molecular weight is 715 g/mol. The monoisotopic (exact) mass is 714 g/mol. The van der Waals surface area contributed by atoms with E-state index in [0.29, 0.717) is 37.5 Å². The van der Waals surface area contributed by atoms with E-state index >= 15 is 0 Å². The Bertz CT molecular complexity index is 1910. The number of carbonyl (C=O) groups is 2. The van der Waals surface area contributed by atoms with Crippen LogP contribution in [0.25, 0.3) is 11.1 Å². The van der Waals surface area contributed by atoms with Crippen LogP contribution in [0.5, 0.6) is 5.75 Å². The Hall–Kier alpha value is -5.22. The Morgan fingerprint density at radius 1 is 0.769 bits per heavy atom. The zero-order valence-electron chi connectivity index (χ0n) is 30.7. The highest BCUT2D eigenvalue weighted by atomic mass is 28.4. The van der Waals surface area contributed by atoms with Gasteiger partial charge in [0.25, 0.3) is 0 Å². The van der Waals surface area contributed by atoms with E-state index in [2.05, 4.69) is 61.2 Å². The highest BCUT2D eigenvalue weighted by Crippen LogP contribution is 2.40. The molecule has 0 saturated carbocycles. The lowest BCUT2D eigenvalue weighted by Crippen LogP contribution is -2.43. The smallest absolute Gasteiger partial charge is 0.323 e. The van der Waals surface area contributed by atoms with Gasteiger partial charge in [-0.2, -0.15) is 0 Å². The van der Waals surface area contributed by atoms with Gasteiger partial charge in [-0.25, -0.2) is 4.79 Å². The van der Waals surface area contributed by atoms with Crippen molar-refractivity contribution < 1.29 is 18.8 Å². The summed E-state index contributed by atoms with van der Waals surface area (Å²) in [4.78, 5) is 24.6. The fourth-order valence-corrected chi connectivity index (χ4v) is 6.85. The molecule has 0 bridgehead atoms. The second-order valence-electron chi connectivity index (χ2n) is 14.3. The minimum atomic E-state index is -2.17. The zero-order valence-corrected chi connectivity index (χ0v) is 31.7. The predicted molar refractivity (Wildman–Crippen MR) is 215 cm³/mol. The number of para-hydroxylation sites is 1. The topological polar surface area (TPSA) is 101 Å². The molecule has 0 fully saturated rings. The van der Waals surface area contributed by atoms with Crippen molar-refractivity contribution in [3.63, 3.8) is 0 Å². The Labute approximate surface area is 309 Å². The number of hydrogen-bond acceptors (Lipinski definition) is 5. The lowest BCUT2D eigenvalue weighted by Gasteiger charge is -2.39. The summed E-state index contributed by atoms with van der Waals surface area (Å²) in [5.41, 5.74) is 7.14. The first-order valence-electron chi connectivity index (χ1n) is 17.7. The van der Waals surface area contributed by atoms with Crippen LogP contribution in [0.4, 0.5) is 21.9 Å². The van der Waals surface area contributed by atoms with Crippen LogP contribution in [0.1, 0.15) is 43.6 Å². The van der Waals surface area contributed by atoms with Gasteiger partial charge in [0.2, 0.25) is 6.41 Å². The summed E-state index contributed by atoms with van der Waals surface area (Å²) < 4.78 is 13.1. The second-order valence-corrected chi connectivity index (χ2v) is 19.1. The fraction of sp³-hybridized carbons (Fsp3) is 0.256. The number of carbonyl (C=O) groups excluding carboxylic acids is 2. The van der Waals surface area contributed by atoms with Gasteiger partial charge in [-0.3, -0.25) is 4.79 Å². The Morgan fingerprint density at radius 2 is 1.46 bits per heavy atom. The van der Waals surface area contributed by atoms with E-state index in [4.69, 9.17) is 9.16 Å². The quantitative estimate of drug-likeness (QED) is 0.0463. The van der Waals surface area contributed by atoms with E-state index in [0.717, 1.165) is 45.6 Å². The number of hydrogen-bond donors (Lipinski definition) is 4. The minimum Gasteiger partial charge on any atom is -0.487 e. The van der Waals surface area contributed by atoms with E-state index in [1.165, 1.54) is 0 Å². The predicted octanol–water partition coefficient (Wildman–Crippen LogP) is 10.0. The number of amides is 3. The summed E-state index contributed by atoms with van der Waals surface area (Å²) in [6, 6.07) is 41.2. The van der Waals surface area contributed by atoms with E-state index < -0.39 is 8.32 Å².